The zero-order valence-electron chi connectivity index (χ0n) is 19.2. The highest BCUT2D eigenvalue weighted by Crippen LogP contribution is 2.11. The minimum atomic E-state index is -0.889. The maximum absolute atomic E-state index is 12.3. The summed E-state index contributed by atoms with van der Waals surface area (Å²) in [5, 5.41) is 9.94. The quantitative estimate of drug-likeness (QED) is 0.225. The number of imide groups is 1. The van der Waals surface area contributed by atoms with Crippen molar-refractivity contribution in [3.63, 3.8) is 0 Å². The Hall–Kier alpha value is -4.26. The van der Waals surface area contributed by atoms with Gasteiger partial charge in [-0.05, 0) is 24.6 Å². The van der Waals surface area contributed by atoms with Crippen LogP contribution in [0.4, 0.5) is 10.5 Å². The number of rotatable bonds is 12. The zero-order chi connectivity index (χ0) is 25.8. The van der Waals surface area contributed by atoms with E-state index in [2.05, 4.69) is 21.3 Å². The van der Waals surface area contributed by atoms with Crippen molar-refractivity contribution in [1.82, 2.24) is 20.9 Å². The summed E-state index contributed by atoms with van der Waals surface area (Å²) in [6.45, 7) is 1.68. The van der Waals surface area contributed by atoms with E-state index in [4.69, 9.17) is 10.5 Å². The minimum absolute atomic E-state index is 0.0460. The van der Waals surface area contributed by atoms with Crippen LogP contribution in [0.3, 0.4) is 0 Å². The van der Waals surface area contributed by atoms with E-state index in [0.29, 0.717) is 24.3 Å². The smallest absolute Gasteiger partial charge is 0.407 e. The second-order valence-corrected chi connectivity index (χ2v) is 7.46. The first-order valence-electron chi connectivity index (χ1n) is 10.8. The van der Waals surface area contributed by atoms with E-state index in [-0.39, 0.29) is 26.1 Å². The maximum Gasteiger partial charge on any atom is 0.407 e. The molecule has 13 heteroatoms. The van der Waals surface area contributed by atoms with Crippen LogP contribution >= 0.6 is 0 Å². The lowest BCUT2D eigenvalue weighted by Crippen LogP contribution is -2.46. The Balaban J connectivity index is 1.67. The highest BCUT2D eigenvalue weighted by atomic mass is 16.5. The number of benzene rings is 1. The molecule has 0 aromatic heterocycles. The minimum Gasteiger partial charge on any atom is -0.445 e. The maximum atomic E-state index is 12.3. The summed E-state index contributed by atoms with van der Waals surface area (Å²) >= 11 is 0. The third kappa shape index (κ3) is 9.25. The molecule has 0 radical (unpaired) electrons. The highest BCUT2D eigenvalue weighted by Gasteiger charge is 2.23. The number of nitrogens with one attached hydrogen (secondary N) is 4. The predicted molar refractivity (Wildman–Crippen MR) is 123 cm³/mol. The summed E-state index contributed by atoms with van der Waals surface area (Å²) in [5.74, 6) is -2.57. The Bertz CT molecular complexity index is 975. The number of alkyl carbamates (subject to hydrolysis) is 1. The monoisotopic (exact) mass is 488 g/mol. The van der Waals surface area contributed by atoms with Crippen LogP contribution in [-0.4, -0.2) is 72.7 Å². The zero-order valence-corrected chi connectivity index (χ0v) is 19.2. The summed E-state index contributed by atoms with van der Waals surface area (Å²) in [6, 6.07) is 5.69. The third-order valence-corrected chi connectivity index (χ3v) is 4.68. The number of nitrogens with two attached hydrogens (primary N) is 1. The highest BCUT2D eigenvalue weighted by molar-refractivity contribution is 6.13. The molecule has 1 heterocycles. The van der Waals surface area contributed by atoms with E-state index in [1.54, 1.807) is 24.3 Å². The molecule has 188 valence electrons. The second-order valence-electron chi connectivity index (χ2n) is 7.46. The number of ether oxygens (including phenoxy) is 1. The fraction of sp³-hybridized carbons (Fsp3) is 0.364. The number of hydrogen-bond donors (Lipinski definition) is 5. The van der Waals surface area contributed by atoms with Crippen molar-refractivity contribution < 1.29 is 33.5 Å². The van der Waals surface area contributed by atoms with E-state index >= 15 is 0 Å². The summed E-state index contributed by atoms with van der Waals surface area (Å²) in [7, 11) is 0. The van der Waals surface area contributed by atoms with Gasteiger partial charge in [0.25, 0.3) is 11.8 Å². The Labute approximate surface area is 201 Å². The molecule has 6 N–H and O–H groups in total. The van der Waals surface area contributed by atoms with Crippen molar-refractivity contribution in [2.45, 2.75) is 26.0 Å². The molecule has 1 atom stereocenters. The lowest BCUT2D eigenvalue weighted by molar-refractivity contribution is -0.137. The van der Waals surface area contributed by atoms with E-state index in [0.717, 1.165) is 17.1 Å². The van der Waals surface area contributed by atoms with Crippen LogP contribution in [0.25, 0.3) is 0 Å². The average Bonchev–Trinajstić information content (AvgIpc) is 3.16. The number of anilines is 1. The normalized spacial score (nSPS) is 13.3. The van der Waals surface area contributed by atoms with Gasteiger partial charge in [0, 0.05) is 43.9 Å². The van der Waals surface area contributed by atoms with Crippen molar-refractivity contribution in [2.24, 2.45) is 5.73 Å². The van der Waals surface area contributed by atoms with Crippen LogP contribution in [0.2, 0.25) is 0 Å². The average molecular weight is 489 g/mol. The molecular formula is C22H28N6O7. The molecule has 13 nitrogen and oxygen atoms in total. The number of nitrogens with zero attached hydrogens (tertiary/aromatic N) is 1. The Kier molecular flexibility index (Phi) is 10.4. The van der Waals surface area contributed by atoms with Crippen LogP contribution in [0.5, 0.6) is 0 Å². The summed E-state index contributed by atoms with van der Waals surface area (Å²) in [4.78, 5) is 71.4. The van der Waals surface area contributed by atoms with Crippen LogP contribution < -0.4 is 27.0 Å². The molecule has 0 aliphatic carbocycles. The molecule has 35 heavy (non-hydrogen) atoms. The van der Waals surface area contributed by atoms with Crippen LogP contribution in [0.15, 0.2) is 36.4 Å². The molecule has 0 saturated heterocycles. The van der Waals surface area contributed by atoms with Gasteiger partial charge >= 0.3 is 6.09 Å². The van der Waals surface area contributed by atoms with E-state index < -0.39 is 41.7 Å². The van der Waals surface area contributed by atoms with E-state index in [1.165, 1.54) is 6.92 Å². The van der Waals surface area contributed by atoms with Crippen molar-refractivity contribution in [2.75, 3.05) is 31.5 Å². The number of carbonyl (C=O) groups is 6. The number of carbonyl (C=O) groups excluding carboxylic acids is 6. The Morgan fingerprint density at radius 1 is 1.00 bits per heavy atom. The molecule has 0 saturated carbocycles. The Morgan fingerprint density at radius 2 is 1.66 bits per heavy atom. The van der Waals surface area contributed by atoms with Crippen LogP contribution in [0.1, 0.15) is 18.9 Å². The molecule has 1 aliphatic heterocycles. The van der Waals surface area contributed by atoms with Gasteiger partial charge < -0.3 is 31.7 Å². The fourth-order valence-corrected chi connectivity index (χ4v) is 2.80. The van der Waals surface area contributed by atoms with Gasteiger partial charge in [-0.25, -0.2) is 4.79 Å². The van der Waals surface area contributed by atoms with Crippen molar-refractivity contribution in [3.05, 3.63) is 42.0 Å². The van der Waals surface area contributed by atoms with Gasteiger partial charge in [0.05, 0.1) is 6.54 Å². The third-order valence-electron chi connectivity index (χ3n) is 4.68. The van der Waals surface area contributed by atoms with E-state index in [9.17, 15) is 28.8 Å². The van der Waals surface area contributed by atoms with Gasteiger partial charge in [0.15, 0.2) is 0 Å². The van der Waals surface area contributed by atoms with Crippen molar-refractivity contribution in [1.29, 1.82) is 0 Å². The predicted octanol–water partition coefficient (Wildman–Crippen LogP) is -1.25. The molecule has 6 amide bonds. The largest absolute Gasteiger partial charge is 0.445 e. The lowest BCUT2D eigenvalue weighted by Gasteiger charge is -2.15. The first-order chi connectivity index (χ1) is 16.7. The van der Waals surface area contributed by atoms with Crippen LogP contribution in [0, 0.1) is 0 Å². The van der Waals surface area contributed by atoms with Gasteiger partial charge in [-0.15, -0.1) is 0 Å². The summed E-state index contributed by atoms with van der Waals surface area (Å²) in [5.41, 5.74) is 6.47. The molecule has 2 rings (SSSR count). The fourth-order valence-electron chi connectivity index (χ4n) is 2.80. The Morgan fingerprint density at radius 3 is 2.29 bits per heavy atom. The van der Waals surface area contributed by atoms with Crippen molar-refractivity contribution in [3.8, 4) is 0 Å². The summed E-state index contributed by atoms with van der Waals surface area (Å²) in [6.07, 6.45) is 1.51. The molecule has 0 fully saturated rings. The van der Waals surface area contributed by atoms with Gasteiger partial charge in [-0.3, -0.25) is 28.9 Å². The van der Waals surface area contributed by atoms with Gasteiger partial charge in [-0.2, -0.15) is 0 Å². The molecule has 0 unspecified atom stereocenters. The molecule has 0 bridgehead atoms. The number of amides is 6. The summed E-state index contributed by atoms with van der Waals surface area (Å²) < 4.78 is 5.02. The standard InChI is InChI=1S/C22H28N6O7/c1-14(26-18(30)12-25-17(29)8-11-28-19(31)6-7-20(28)32)21(33)27-16-4-2-15(3-5-16)13-35-22(34)24-10-9-23/h2-7,14H,8-13,23H2,1H3,(H,24,34)(H,25,29)(H,26,30)(H,27,33)/t14-/m0/s1. The van der Waals surface area contributed by atoms with Crippen LogP contribution in [-0.2, 0) is 35.3 Å². The van der Waals surface area contributed by atoms with Gasteiger partial charge in [0.2, 0.25) is 17.7 Å². The lowest BCUT2D eigenvalue weighted by atomic mass is 10.2. The van der Waals surface area contributed by atoms with Gasteiger partial charge in [-0.1, -0.05) is 12.1 Å². The van der Waals surface area contributed by atoms with Crippen molar-refractivity contribution >= 4 is 41.3 Å². The first kappa shape index (κ1) is 27.0. The topological polar surface area (TPSA) is 189 Å². The molecule has 0 spiro atoms. The molecular weight excluding hydrogens is 460 g/mol. The SMILES string of the molecule is C[C@H](NC(=O)CNC(=O)CCN1C(=O)C=CC1=O)C(=O)Nc1ccc(COC(=O)NCCN)cc1. The molecule has 1 aromatic carbocycles. The molecule has 1 aromatic rings. The number of hydrogen-bond acceptors (Lipinski definition) is 8. The van der Waals surface area contributed by atoms with Gasteiger partial charge in [0.1, 0.15) is 12.6 Å². The van der Waals surface area contributed by atoms with E-state index in [1.807, 2.05) is 0 Å². The first-order valence-corrected chi connectivity index (χ1v) is 10.8. The second kappa shape index (κ2) is 13.4. The molecule has 1 aliphatic rings.